The number of aromatic nitrogens is 4. The number of carbonyl (C=O) groups is 1. The van der Waals surface area contributed by atoms with E-state index in [-0.39, 0.29) is 17.7 Å². The fourth-order valence-electron chi connectivity index (χ4n) is 3.76. The molecule has 28 heavy (non-hydrogen) atoms. The van der Waals surface area contributed by atoms with Crippen molar-refractivity contribution >= 4 is 17.2 Å². The lowest BCUT2D eigenvalue weighted by Crippen LogP contribution is -2.29. The minimum atomic E-state index is 0.0366. The largest absolute Gasteiger partial charge is 0.384 e. The Hall–Kier alpha value is -2.58. The molecule has 1 N–H and O–H groups in total. The first-order valence-electron chi connectivity index (χ1n) is 9.26. The third kappa shape index (κ3) is 3.57. The maximum atomic E-state index is 13.0. The Morgan fingerprint density at radius 2 is 2.04 bits per heavy atom. The number of amides is 1. The summed E-state index contributed by atoms with van der Waals surface area (Å²) in [6.45, 7) is 5.60. The van der Waals surface area contributed by atoms with E-state index in [0.29, 0.717) is 25.5 Å². The number of nitrogens with one attached hydrogen (secondary N) is 1. The lowest BCUT2D eigenvalue weighted by Gasteiger charge is -2.15. The lowest BCUT2D eigenvalue weighted by molar-refractivity contribution is 0.0779. The van der Waals surface area contributed by atoms with Gasteiger partial charge < -0.3 is 9.64 Å². The predicted molar refractivity (Wildman–Crippen MR) is 107 cm³/mol. The van der Waals surface area contributed by atoms with Crippen LogP contribution in [0.15, 0.2) is 30.3 Å². The van der Waals surface area contributed by atoms with Gasteiger partial charge in [-0.2, -0.15) is 5.10 Å². The number of benzene rings is 1. The maximum absolute atomic E-state index is 13.0. The van der Waals surface area contributed by atoms with Gasteiger partial charge in [0.05, 0.1) is 17.3 Å². The SMILES string of the molecule is COC[C@@H]1CN(C(=O)c2sc(C)nc2C)C[C@H]1c1nc(-c2ccccc2)n[nH]1. The summed E-state index contributed by atoms with van der Waals surface area (Å²) in [5.74, 6) is 1.73. The smallest absolute Gasteiger partial charge is 0.265 e. The van der Waals surface area contributed by atoms with Gasteiger partial charge in [0, 0.05) is 37.6 Å². The molecule has 7 nitrogen and oxygen atoms in total. The third-order valence-electron chi connectivity index (χ3n) is 5.09. The molecule has 0 bridgehead atoms. The Morgan fingerprint density at radius 3 is 2.71 bits per heavy atom. The molecule has 1 aliphatic rings. The summed E-state index contributed by atoms with van der Waals surface area (Å²) >= 11 is 1.45. The number of H-pyrrole nitrogens is 1. The molecule has 0 unspecified atom stereocenters. The number of rotatable bonds is 5. The molecule has 2 atom stereocenters. The summed E-state index contributed by atoms with van der Waals surface area (Å²) in [6.07, 6.45) is 0. The first-order valence-corrected chi connectivity index (χ1v) is 10.1. The van der Waals surface area contributed by atoms with E-state index in [1.54, 1.807) is 7.11 Å². The van der Waals surface area contributed by atoms with Crippen molar-refractivity contribution in [3.8, 4) is 11.4 Å². The number of aromatic amines is 1. The van der Waals surface area contributed by atoms with E-state index in [2.05, 4.69) is 15.2 Å². The molecule has 0 radical (unpaired) electrons. The Labute approximate surface area is 167 Å². The molecular weight excluding hydrogens is 374 g/mol. The number of hydrogen-bond acceptors (Lipinski definition) is 6. The number of aryl methyl sites for hydroxylation is 2. The monoisotopic (exact) mass is 397 g/mol. The van der Waals surface area contributed by atoms with E-state index in [4.69, 9.17) is 9.72 Å². The number of likely N-dealkylation sites (tertiary alicyclic amines) is 1. The van der Waals surface area contributed by atoms with E-state index in [1.807, 2.05) is 49.1 Å². The van der Waals surface area contributed by atoms with Crippen LogP contribution in [-0.2, 0) is 4.74 Å². The number of thiazole rings is 1. The first kappa shape index (κ1) is 18.8. The number of nitrogens with zero attached hydrogens (tertiary/aromatic N) is 4. The second-order valence-electron chi connectivity index (χ2n) is 7.09. The summed E-state index contributed by atoms with van der Waals surface area (Å²) in [5.41, 5.74) is 1.76. The second kappa shape index (κ2) is 7.81. The van der Waals surface area contributed by atoms with E-state index in [9.17, 15) is 4.79 Å². The van der Waals surface area contributed by atoms with Crippen molar-refractivity contribution in [3.63, 3.8) is 0 Å². The molecule has 3 aromatic rings. The molecule has 4 rings (SSSR count). The van der Waals surface area contributed by atoms with Gasteiger partial charge in [-0.05, 0) is 13.8 Å². The lowest BCUT2D eigenvalue weighted by atomic mass is 9.96. The van der Waals surface area contributed by atoms with Crippen molar-refractivity contribution in [2.75, 3.05) is 26.8 Å². The molecule has 0 aliphatic carbocycles. The molecule has 1 aromatic carbocycles. The number of carbonyl (C=O) groups excluding carboxylic acids is 1. The predicted octanol–water partition coefficient (Wildman–Crippen LogP) is 3.05. The molecule has 146 valence electrons. The number of hydrogen-bond donors (Lipinski definition) is 1. The number of ether oxygens (including phenoxy) is 1. The van der Waals surface area contributed by atoms with Crippen LogP contribution in [0.5, 0.6) is 0 Å². The Bertz CT molecular complexity index is 968. The van der Waals surface area contributed by atoms with Crippen LogP contribution in [0.2, 0.25) is 0 Å². The average molecular weight is 398 g/mol. The van der Waals surface area contributed by atoms with Crippen LogP contribution in [0.4, 0.5) is 0 Å². The zero-order valence-electron chi connectivity index (χ0n) is 16.2. The Morgan fingerprint density at radius 1 is 1.25 bits per heavy atom. The highest BCUT2D eigenvalue weighted by Crippen LogP contribution is 2.33. The molecule has 0 saturated carbocycles. The fraction of sp³-hybridized carbons (Fsp3) is 0.400. The van der Waals surface area contributed by atoms with Crippen LogP contribution in [-0.4, -0.2) is 57.8 Å². The van der Waals surface area contributed by atoms with Gasteiger partial charge in [-0.3, -0.25) is 9.89 Å². The summed E-state index contributed by atoms with van der Waals surface area (Å²) in [4.78, 5) is 24.8. The minimum Gasteiger partial charge on any atom is -0.384 e. The van der Waals surface area contributed by atoms with Crippen LogP contribution in [0.25, 0.3) is 11.4 Å². The van der Waals surface area contributed by atoms with Crippen molar-refractivity contribution in [1.82, 2.24) is 25.1 Å². The molecule has 1 saturated heterocycles. The van der Waals surface area contributed by atoms with Crippen molar-refractivity contribution < 1.29 is 9.53 Å². The van der Waals surface area contributed by atoms with E-state index in [1.165, 1.54) is 11.3 Å². The number of methoxy groups -OCH3 is 1. The van der Waals surface area contributed by atoms with Gasteiger partial charge in [0.15, 0.2) is 5.82 Å². The van der Waals surface area contributed by atoms with Gasteiger partial charge in [0.25, 0.3) is 5.91 Å². The van der Waals surface area contributed by atoms with E-state index < -0.39 is 0 Å². The highest BCUT2D eigenvalue weighted by Gasteiger charge is 2.39. The zero-order chi connectivity index (χ0) is 19.7. The summed E-state index contributed by atoms with van der Waals surface area (Å²) in [5, 5.41) is 8.38. The summed E-state index contributed by atoms with van der Waals surface area (Å²) < 4.78 is 5.42. The molecule has 0 spiro atoms. The Kier molecular flexibility index (Phi) is 5.23. The molecular formula is C20H23N5O2S. The fourth-order valence-corrected chi connectivity index (χ4v) is 4.65. The van der Waals surface area contributed by atoms with Crippen LogP contribution in [0.3, 0.4) is 0 Å². The highest BCUT2D eigenvalue weighted by molar-refractivity contribution is 7.13. The second-order valence-corrected chi connectivity index (χ2v) is 8.29. The quantitative estimate of drug-likeness (QED) is 0.715. The molecule has 2 aromatic heterocycles. The van der Waals surface area contributed by atoms with Crippen molar-refractivity contribution in [2.45, 2.75) is 19.8 Å². The maximum Gasteiger partial charge on any atom is 0.265 e. The van der Waals surface area contributed by atoms with Gasteiger partial charge in [0.1, 0.15) is 10.7 Å². The minimum absolute atomic E-state index is 0.0366. The topological polar surface area (TPSA) is 84.0 Å². The van der Waals surface area contributed by atoms with Crippen molar-refractivity contribution in [1.29, 1.82) is 0 Å². The third-order valence-corrected chi connectivity index (χ3v) is 6.15. The molecule has 1 aliphatic heterocycles. The van der Waals surface area contributed by atoms with E-state index in [0.717, 1.165) is 27.0 Å². The van der Waals surface area contributed by atoms with E-state index >= 15 is 0 Å². The first-order chi connectivity index (χ1) is 13.6. The van der Waals surface area contributed by atoms with Gasteiger partial charge in [0.2, 0.25) is 0 Å². The Balaban J connectivity index is 1.57. The molecule has 1 fully saturated rings. The standard InChI is InChI=1S/C20H23N5O2S/c1-12-17(28-13(2)21-12)20(26)25-9-15(11-27-3)16(10-25)19-22-18(23-24-19)14-7-5-4-6-8-14/h4-8,15-16H,9-11H2,1-3H3,(H,22,23,24)/t15-,16+/m0/s1. The van der Waals surface area contributed by atoms with Gasteiger partial charge in [-0.25, -0.2) is 9.97 Å². The van der Waals surface area contributed by atoms with Crippen molar-refractivity contribution in [2.24, 2.45) is 5.92 Å². The van der Waals surface area contributed by atoms with Gasteiger partial charge in [-0.15, -0.1) is 11.3 Å². The molecule has 8 heteroatoms. The average Bonchev–Trinajstić information content (AvgIpc) is 3.40. The highest BCUT2D eigenvalue weighted by atomic mass is 32.1. The van der Waals surface area contributed by atoms with Crippen LogP contribution in [0, 0.1) is 19.8 Å². The summed E-state index contributed by atoms with van der Waals surface area (Å²) in [7, 11) is 1.69. The normalized spacial score (nSPS) is 19.3. The van der Waals surface area contributed by atoms with Gasteiger partial charge >= 0.3 is 0 Å². The van der Waals surface area contributed by atoms with Gasteiger partial charge in [-0.1, -0.05) is 30.3 Å². The summed E-state index contributed by atoms with van der Waals surface area (Å²) in [6, 6.07) is 9.87. The van der Waals surface area contributed by atoms with Crippen LogP contribution in [0.1, 0.15) is 32.1 Å². The molecule has 3 heterocycles. The zero-order valence-corrected chi connectivity index (χ0v) is 17.0. The van der Waals surface area contributed by atoms with Crippen LogP contribution < -0.4 is 0 Å². The van der Waals surface area contributed by atoms with Crippen LogP contribution >= 0.6 is 11.3 Å². The van der Waals surface area contributed by atoms with Crippen molar-refractivity contribution in [3.05, 3.63) is 51.7 Å². The molecule has 1 amide bonds.